The van der Waals surface area contributed by atoms with Crippen molar-refractivity contribution < 1.29 is 33.0 Å². The minimum absolute atomic E-state index is 0.0594. The first-order valence-corrected chi connectivity index (χ1v) is 11.6. The SMILES string of the molecule is COc1cccc(S(=O)(=O)N2CCCC(NC(=O)[C@H](CC(C)C)NC(=O)O)C(O)C2)c1. The third-order valence-electron chi connectivity index (χ3n) is 5.11. The van der Waals surface area contributed by atoms with Gasteiger partial charge in [-0.25, -0.2) is 13.2 Å². The van der Waals surface area contributed by atoms with Gasteiger partial charge in [-0.1, -0.05) is 19.9 Å². The van der Waals surface area contributed by atoms with Crippen LogP contribution in [0, 0.1) is 5.92 Å². The molecule has 0 saturated carbocycles. The van der Waals surface area contributed by atoms with Gasteiger partial charge in [0.2, 0.25) is 15.9 Å². The van der Waals surface area contributed by atoms with E-state index in [4.69, 9.17) is 9.84 Å². The van der Waals surface area contributed by atoms with Gasteiger partial charge in [-0.2, -0.15) is 4.31 Å². The van der Waals surface area contributed by atoms with Crippen LogP contribution in [0.5, 0.6) is 5.75 Å². The number of nitrogens with zero attached hydrogens (tertiary/aromatic N) is 1. The van der Waals surface area contributed by atoms with Gasteiger partial charge in [0.05, 0.1) is 24.2 Å². The van der Waals surface area contributed by atoms with Crippen LogP contribution in [0.1, 0.15) is 33.1 Å². The van der Waals surface area contributed by atoms with Crippen LogP contribution in [-0.2, 0) is 14.8 Å². The second kappa shape index (κ2) is 10.8. The summed E-state index contributed by atoms with van der Waals surface area (Å²) in [6, 6.07) is 4.45. The van der Waals surface area contributed by atoms with E-state index < -0.39 is 40.2 Å². The summed E-state index contributed by atoms with van der Waals surface area (Å²) >= 11 is 0. The molecule has 1 aromatic rings. The van der Waals surface area contributed by atoms with Gasteiger partial charge in [0.1, 0.15) is 11.8 Å². The van der Waals surface area contributed by atoms with Crippen molar-refractivity contribution in [2.45, 2.75) is 56.2 Å². The number of hydrogen-bond donors (Lipinski definition) is 4. The van der Waals surface area contributed by atoms with E-state index in [1.807, 2.05) is 13.8 Å². The Morgan fingerprint density at radius 3 is 2.65 bits per heavy atom. The highest BCUT2D eigenvalue weighted by Crippen LogP contribution is 2.24. The molecule has 4 N–H and O–H groups in total. The molecule has 0 bridgehead atoms. The first-order valence-electron chi connectivity index (χ1n) is 10.2. The van der Waals surface area contributed by atoms with Gasteiger partial charge in [-0.15, -0.1) is 0 Å². The van der Waals surface area contributed by atoms with Gasteiger partial charge in [-0.3, -0.25) is 4.79 Å². The molecule has 3 atom stereocenters. The minimum atomic E-state index is -3.86. The molecular weight excluding hydrogens is 426 g/mol. The van der Waals surface area contributed by atoms with Gasteiger partial charge in [-0.05, 0) is 37.3 Å². The summed E-state index contributed by atoms with van der Waals surface area (Å²) in [5, 5.41) is 24.5. The molecule has 11 heteroatoms. The van der Waals surface area contributed by atoms with E-state index in [1.165, 1.54) is 23.5 Å². The van der Waals surface area contributed by atoms with Crippen LogP contribution in [0.15, 0.2) is 29.2 Å². The van der Waals surface area contributed by atoms with Crippen molar-refractivity contribution in [3.05, 3.63) is 24.3 Å². The summed E-state index contributed by atoms with van der Waals surface area (Å²) in [5.74, 6) is -0.0573. The molecule has 1 aliphatic heterocycles. The Labute approximate surface area is 182 Å². The predicted octanol–water partition coefficient (Wildman–Crippen LogP) is 1.01. The number of amides is 2. The standard InChI is InChI=1S/C20H31N3O7S/c1-13(2)10-17(22-20(26)27)19(25)21-16-8-5-9-23(12-18(16)24)31(28,29)15-7-4-6-14(11-15)30-3/h4,6-7,11,13,16-18,22,24H,5,8-10,12H2,1-3H3,(H,21,25)(H,26,27)/t16?,17-,18?/m0/s1. The third kappa shape index (κ3) is 6.81. The van der Waals surface area contributed by atoms with Crippen LogP contribution < -0.4 is 15.4 Å². The van der Waals surface area contributed by atoms with E-state index in [2.05, 4.69) is 10.6 Å². The maximum atomic E-state index is 13.0. The monoisotopic (exact) mass is 457 g/mol. The van der Waals surface area contributed by atoms with Gasteiger partial charge < -0.3 is 25.6 Å². The van der Waals surface area contributed by atoms with Gasteiger partial charge >= 0.3 is 6.09 Å². The molecule has 0 radical (unpaired) electrons. The number of carboxylic acid groups (broad SMARTS) is 1. The first-order chi connectivity index (χ1) is 14.5. The maximum absolute atomic E-state index is 13.0. The number of ether oxygens (including phenoxy) is 1. The average molecular weight is 458 g/mol. The highest BCUT2D eigenvalue weighted by Gasteiger charge is 2.34. The van der Waals surface area contributed by atoms with E-state index in [0.717, 1.165) is 0 Å². The average Bonchev–Trinajstić information content (AvgIpc) is 2.88. The normalized spacial score (nSPS) is 21.2. The Bertz CT molecular complexity index is 875. The number of carbonyl (C=O) groups excluding carboxylic acids is 1. The van der Waals surface area contributed by atoms with Gasteiger partial charge in [0.15, 0.2) is 0 Å². The number of sulfonamides is 1. The number of methoxy groups -OCH3 is 1. The minimum Gasteiger partial charge on any atom is -0.497 e. The van der Waals surface area contributed by atoms with Gasteiger partial charge in [0.25, 0.3) is 0 Å². The summed E-state index contributed by atoms with van der Waals surface area (Å²) in [5.41, 5.74) is 0. The number of benzene rings is 1. The summed E-state index contributed by atoms with van der Waals surface area (Å²) < 4.78 is 32.3. The van der Waals surface area contributed by atoms with Crippen molar-refractivity contribution in [2.75, 3.05) is 20.2 Å². The maximum Gasteiger partial charge on any atom is 0.405 e. The Morgan fingerprint density at radius 1 is 1.32 bits per heavy atom. The molecule has 0 spiro atoms. The number of aliphatic hydroxyl groups is 1. The topological polar surface area (TPSA) is 145 Å². The highest BCUT2D eigenvalue weighted by atomic mass is 32.2. The summed E-state index contributed by atoms with van der Waals surface area (Å²) in [4.78, 5) is 23.7. The molecule has 2 amide bonds. The van der Waals surface area contributed by atoms with Crippen LogP contribution in [0.2, 0.25) is 0 Å². The van der Waals surface area contributed by atoms with Crippen molar-refractivity contribution in [1.29, 1.82) is 0 Å². The fourth-order valence-electron chi connectivity index (χ4n) is 3.54. The third-order valence-corrected chi connectivity index (χ3v) is 6.97. The van der Waals surface area contributed by atoms with E-state index in [1.54, 1.807) is 12.1 Å². The molecule has 31 heavy (non-hydrogen) atoms. The predicted molar refractivity (Wildman–Crippen MR) is 113 cm³/mol. The Morgan fingerprint density at radius 2 is 2.03 bits per heavy atom. The van der Waals surface area contributed by atoms with E-state index in [9.17, 15) is 23.1 Å². The largest absolute Gasteiger partial charge is 0.497 e. The summed E-state index contributed by atoms with van der Waals surface area (Å²) in [6.45, 7) is 3.73. The fourth-order valence-corrected chi connectivity index (χ4v) is 5.07. The van der Waals surface area contributed by atoms with Crippen LogP contribution in [0.3, 0.4) is 0 Å². The van der Waals surface area contributed by atoms with Crippen molar-refractivity contribution in [1.82, 2.24) is 14.9 Å². The number of hydrogen-bond acceptors (Lipinski definition) is 6. The van der Waals surface area contributed by atoms with Crippen molar-refractivity contribution in [3.63, 3.8) is 0 Å². The zero-order valence-electron chi connectivity index (χ0n) is 17.9. The summed E-state index contributed by atoms with van der Waals surface area (Å²) in [6.07, 6.45) is -1.36. The quantitative estimate of drug-likeness (QED) is 0.456. The molecule has 2 unspecified atom stereocenters. The van der Waals surface area contributed by atoms with Crippen LogP contribution >= 0.6 is 0 Å². The molecule has 1 fully saturated rings. The lowest BCUT2D eigenvalue weighted by Crippen LogP contribution is -2.53. The number of β-amino-alcohol motifs (C(OH)–C–C–N with tert-alkyl or cyclic N) is 1. The van der Waals surface area contributed by atoms with Crippen molar-refractivity contribution in [3.8, 4) is 5.75 Å². The van der Waals surface area contributed by atoms with Crippen molar-refractivity contribution >= 4 is 22.0 Å². The molecule has 1 aromatic carbocycles. The van der Waals surface area contributed by atoms with Crippen molar-refractivity contribution in [2.24, 2.45) is 5.92 Å². The van der Waals surface area contributed by atoms with Crippen LogP contribution in [0.4, 0.5) is 4.79 Å². The first kappa shape index (κ1) is 24.9. The van der Waals surface area contributed by atoms with Gasteiger partial charge in [0, 0.05) is 19.2 Å². The van der Waals surface area contributed by atoms with E-state index in [0.29, 0.717) is 25.0 Å². The second-order valence-electron chi connectivity index (χ2n) is 8.00. The zero-order valence-corrected chi connectivity index (χ0v) is 18.8. The molecule has 2 rings (SSSR count). The molecular formula is C20H31N3O7S. The molecule has 1 aliphatic rings. The number of aliphatic hydroxyl groups excluding tert-OH is 1. The van der Waals surface area contributed by atoms with E-state index >= 15 is 0 Å². The summed E-state index contributed by atoms with van der Waals surface area (Å²) in [7, 11) is -2.42. The molecule has 10 nitrogen and oxygen atoms in total. The van der Waals surface area contributed by atoms with E-state index in [-0.39, 0.29) is 23.9 Å². The Hall–Kier alpha value is -2.37. The number of rotatable bonds is 8. The lowest BCUT2D eigenvalue weighted by atomic mass is 10.0. The second-order valence-corrected chi connectivity index (χ2v) is 9.94. The number of carbonyl (C=O) groups is 2. The fraction of sp³-hybridized carbons (Fsp3) is 0.600. The molecule has 1 heterocycles. The zero-order chi connectivity index (χ0) is 23.2. The Balaban J connectivity index is 2.11. The lowest BCUT2D eigenvalue weighted by Gasteiger charge is -2.27. The highest BCUT2D eigenvalue weighted by molar-refractivity contribution is 7.89. The molecule has 1 saturated heterocycles. The smallest absolute Gasteiger partial charge is 0.405 e. The molecule has 0 aliphatic carbocycles. The molecule has 174 valence electrons. The van der Waals surface area contributed by atoms with Crippen LogP contribution in [0.25, 0.3) is 0 Å². The van der Waals surface area contributed by atoms with Crippen LogP contribution in [-0.4, -0.2) is 73.3 Å². The Kier molecular flexibility index (Phi) is 8.66. The lowest BCUT2D eigenvalue weighted by molar-refractivity contribution is -0.125. The number of nitrogens with one attached hydrogen (secondary N) is 2. The molecule has 0 aromatic heterocycles.